The zero-order valence-electron chi connectivity index (χ0n) is 13.4. The molecular formula is C19H22N2O. The fourth-order valence-electron chi connectivity index (χ4n) is 2.63. The Hall–Kier alpha value is -2.13. The van der Waals surface area contributed by atoms with Crippen molar-refractivity contribution in [2.24, 2.45) is 4.99 Å². The summed E-state index contributed by atoms with van der Waals surface area (Å²) in [5.74, 6) is 0.869. The van der Waals surface area contributed by atoms with E-state index in [4.69, 9.17) is 4.74 Å². The molecule has 2 aromatic rings. The lowest BCUT2D eigenvalue weighted by molar-refractivity contribution is 0.288. The second kappa shape index (κ2) is 6.32. The van der Waals surface area contributed by atoms with Gasteiger partial charge in [0, 0.05) is 19.3 Å². The first-order valence-corrected chi connectivity index (χ1v) is 7.73. The smallest absolute Gasteiger partial charge is 0.145 e. The number of ether oxygens (including phenoxy) is 1. The predicted octanol–water partition coefficient (Wildman–Crippen LogP) is 4.08. The number of benzene rings is 2. The van der Waals surface area contributed by atoms with Crippen LogP contribution in [-0.2, 0) is 13.1 Å². The maximum Gasteiger partial charge on any atom is 0.145 e. The molecular weight excluding hydrogens is 272 g/mol. The van der Waals surface area contributed by atoms with Crippen molar-refractivity contribution >= 4 is 11.9 Å². The van der Waals surface area contributed by atoms with Crippen molar-refractivity contribution in [3.8, 4) is 5.75 Å². The van der Waals surface area contributed by atoms with E-state index in [1.165, 1.54) is 22.3 Å². The highest BCUT2D eigenvalue weighted by Gasteiger charge is 2.12. The fraction of sp³-hybridized carbons (Fsp3) is 0.316. The van der Waals surface area contributed by atoms with Gasteiger partial charge in [-0.1, -0.05) is 24.3 Å². The first-order chi connectivity index (χ1) is 10.6. The van der Waals surface area contributed by atoms with E-state index in [-0.39, 0.29) is 6.10 Å². The van der Waals surface area contributed by atoms with Crippen LogP contribution >= 0.6 is 0 Å². The maximum atomic E-state index is 5.72. The zero-order chi connectivity index (χ0) is 15.5. The van der Waals surface area contributed by atoms with Crippen molar-refractivity contribution in [1.29, 1.82) is 0 Å². The molecule has 1 N–H and O–H groups in total. The summed E-state index contributed by atoms with van der Waals surface area (Å²) in [4.78, 5) is 4.45. The first kappa shape index (κ1) is 14.8. The van der Waals surface area contributed by atoms with Crippen molar-refractivity contribution in [1.82, 2.24) is 5.32 Å². The summed E-state index contributed by atoms with van der Waals surface area (Å²) in [5.41, 5.74) is 6.21. The van der Waals surface area contributed by atoms with E-state index in [1.807, 2.05) is 19.2 Å². The van der Waals surface area contributed by atoms with Crippen LogP contribution in [0.4, 0.5) is 5.69 Å². The molecule has 22 heavy (non-hydrogen) atoms. The number of hydrogen-bond donors (Lipinski definition) is 1. The third kappa shape index (κ3) is 3.20. The van der Waals surface area contributed by atoms with E-state index >= 15 is 0 Å². The lowest BCUT2D eigenvalue weighted by atomic mass is 10.0. The van der Waals surface area contributed by atoms with Crippen LogP contribution in [0.3, 0.4) is 0 Å². The second-order valence-corrected chi connectivity index (χ2v) is 5.87. The Morgan fingerprint density at radius 1 is 1.14 bits per heavy atom. The number of nitrogens with one attached hydrogen (secondary N) is 1. The van der Waals surface area contributed by atoms with Crippen molar-refractivity contribution in [2.75, 3.05) is 0 Å². The number of rotatable bonds is 4. The fourth-order valence-corrected chi connectivity index (χ4v) is 2.63. The Labute approximate surface area is 132 Å². The number of nitrogens with zero attached hydrogens (tertiary/aromatic N) is 1. The first-order valence-electron chi connectivity index (χ1n) is 7.73. The van der Waals surface area contributed by atoms with Crippen LogP contribution in [0.25, 0.3) is 0 Å². The molecule has 1 aliphatic rings. The summed E-state index contributed by atoms with van der Waals surface area (Å²) < 4.78 is 5.72. The summed E-state index contributed by atoms with van der Waals surface area (Å²) in [6.45, 7) is 8.03. The molecule has 0 radical (unpaired) electrons. The van der Waals surface area contributed by atoms with Gasteiger partial charge in [0.1, 0.15) is 17.5 Å². The van der Waals surface area contributed by atoms with E-state index in [0.29, 0.717) is 0 Å². The van der Waals surface area contributed by atoms with Gasteiger partial charge in [0.2, 0.25) is 0 Å². The van der Waals surface area contributed by atoms with Gasteiger partial charge in [0.15, 0.2) is 0 Å². The molecule has 0 spiro atoms. The minimum absolute atomic E-state index is 0.0563. The van der Waals surface area contributed by atoms with Crippen LogP contribution in [0.2, 0.25) is 0 Å². The van der Waals surface area contributed by atoms with Crippen LogP contribution in [0.5, 0.6) is 5.75 Å². The molecule has 1 unspecified atom stereocenters. The normalized spacial score (nSPS) is 16.2. The van der Waals surface area contributed by atoms with Crippen LogP contribution in [0.15, 0.2) is 41.4 Å². The number of fused-ring (bicyclic) bond motifs is 1. The molecule has 1 atom stereocenters. The Bertz CT molecular complexity index is 707. The van der Waals surface area contributed by atoms with Crippen LogP contribution < -0.4 is 10.1 Å². The molecule has 1 heterocycles. The van der Waals surface area contributed by atoms with E-state index in [0.717, 1.165) is 24.5 Å². The van der Waals surface area contributed by atoms with Crippen LogP contribution in [0.1, 0.15) is 29.2 Å². The highest BCUT2D eigenvalue weighted by molar-refractivity contribution is 5.73. The molecule has 0 bridgehead atoms. The third-order valence-electron chi connectivity index (χ3n) is 4.12. The Kier molecular flexibility index (Phi) is 4.25. The van der Waals surface area contributed by atoms with Crippen molar-refractivity contribution in [3.05, 3.63) is 58.7 Å². The lowest BCUT2D eigenvalue weighted by Gasteiger charge is -2.18. The monoisotopic (exact) mass is 294 g/mol. The molecule has 0 aliphatic carbocycles. The Morgan fingerprint density at radius 2 is 2.00 bits per heavy atom. The molecule has 3 heteroatoms. The molecule has 2 aromatic carbocycles. The summed E-state index contributed by atoms with van der Waals surface area (Å²) in [7, 11) is 0. The van der Waals surface area contributed by atoms with Crippen molar-refractivity contribution in [3.63, 3.8) is 0 Å². The van der Waals surface area contributed by atoms with Gasteiger partial charge >= 0.3 is 0 Å². The van der Waals surface area contributed by atoms with Gasteiger partial charge in [-0.15, -0.1) is 0 Å². The van der Waals surface area contributed by atoms with E-state index in [1.54, 1.807) is 0 Å². The van der Waals surface area contributed by atoms with Gasteiger partial charge in [0.05, 0.1) is 0 Å². The van der Waals surface area contributed by atoms with Gasteiger partial charge in [-0.2, -0.15) is 0 Å². The highest BCUT2D eigenvalue weighted by atomic mass is 16.5. The predicted molar refractivity (Wildman–Crippen MR) is 91.1 cm³/mol. The largest absolute Gasteiger partial charge is 0.483 e. The third-order valence-corrected chi connectivity index (χ3v) is 4.12. The van der Waals surface area contributed by atoms with E-state index in [9.17, 15) is 0 Å². The number of aliphatic imine (C=N–C) groups is 1. The number of hydrogen-bond acceptors (Lipinski definition) is 3. The van der Waals surface area contributed by atoms with E-state index < -0.39 is 0 Å². The minimum atomic E-state index is 0.0563. The summed E-state index contributed by atoms with van der Waals surface area (Å²) >= 11 is 0. The summed E-state index contributed by atoms with van der Waals surface area (Å²) in [6.07, 6.45) is 1.90. The summed E-state index contributed by atoms with van der Waals surface area (Å²) in [6, 6.07) is 12.7. The van der Waals surface area contributed by atoms with E-state index in [2.05, 4.69) is 54.5 Å². The zero-order valence-corrected chi connectivity index (χ0v) is 13.4. The molecule has 114 valence electrons. The SMILES string of the molecule is Cc1cccc(CNCc2ccc3c(c2)N=CC(C)O3)c1C. The minimum Gasteiger partial charge on any atom is -0.483 e. The quantitative estimate of drug-likeness (QED) is 0.922. The molecule has 3 nitrogen and oxygen atoms in total. The van der Waals surface area contributed by atoms with Crippen LogP contribution in [-0.4, -0.2) is 12.3 Å². The molecule has 0 saturated carbocycles. The van der Waals surface area contributed by atoms with Gasteiger partial charge < -0.3 is 10.1 Å². The average molecular weight is 294 g/mol. The molecule has 0 saturated heterocycles. The molecule has 0 amide bonds. The second-order valence-electron chi connectivity index (χ2n) is 5.87. The van der Waals surface area contributed by atoms with Crippen molar-refractivity contribution < 1.29 is 4.74 Å². The van der Waals surface area contributed by atoms with Gasteiger partial charge in [-0.3, -0.25) is 4.99 Å². The molecule has 3 rings (SSSR count). The Morgan fingerprint density at radius 3 is 2.86 bits per heavy atom. The van der Waals surface area contributed by atoms with Gasteiger partial charge in [0.25, 0.3) is 0 Å². The molecule has 0 fully saturated rings. The lowest BCUT2D eigenvalue weighted by Crippen LogP contribution is -2.17. The van der Waals surface area contributed by atoms with Crippen molar-refractivity contribution in [2.45, 2.75) is 40.0 Å². The Balaban J connectivity index is 1.63. The highest BCUT2D eigenvalue weighted by Crippen LogP contribution is 2.31. The standard InChI is InChI=1S/C19H22N2O/c1-13-5-4-6-17(15(13)3)12-20-11-16-7-8-19-18(9-16)21-10-14(2)22-19/h4-10,14,20H,11-12H2,1-3H3. The van der Waals surface area contributed by atoms with Gasteiger partial charge in [-0.25, -0.2) is 0 Å². The summed E-state index contributed by atoms with van der Waals surface area (Å²) in [5, 5.41) is 3.51. The molecule has 0 aromatic heterocycles. The van der Waals surface area contributed by atoms with Crippen LogP contribution in [0, 0.1) is 13.8 Å². The average Bonchev–Trinajstić information content (AvgIpc) is 2.51. The van der Waals surface area contributed by atoms with Gasteiger partial charge in [-0.05, 0) is 55.2 Å². The topological polar surface area (TPSA) is 33.6 Å². The molecule has 1 aliphatic heterocycles. The number of aryl methyl sites for hydroxylation is 1. The maximum absolute atomic E-state index is 5.72.